The first-order chi connectivity index (χ1) is 7.09. The van der Waals surface area contributed by atoms with Gasteiger partial charge in [-0.25, -0.2) is 10.2 Å². The largest absolute Gasteiger partial charge is 0.350 e. The van der Waals surface area contributed by atoms with E-state index in [1.165, 1.54) is 12.0 Å². The van der Waals surface area contributed by atoms with Gasteiger partial charge in [-0.2, -0.15) is 5.10 Å². The molecule has 1 aliphatic carbocycles. The van der Waals surface area contributed by atoms with E-state index in [0.717, 1.165) is 25.0 Å². The molecule has 2 amide bonds. The lowest BCUT2D eigenvalue weighted by Crippen LogP contribution is -2.26. The predicted molar refractivity (Wildman–Crippen MR) is 61.5 cm³/mol. The molecule has 0 spiro atoms. The number of carbonyl (C=O) groups excluding carboxylic acids is 1. The van der Waals surface area contributed by atoms with Crippen molar-refractivity contribution in [3.63, 3.8) is 0 Å². The first kappa shape index (κ1) is 11.8. The van der Waals surface area contributed by atoms with Crippen LogP contribution in [0, 0.1) is 5.92 Å². The summed E-state index contributed by atoms with van der Waals surface area (Å²) >= 11 is 0. The van der Waals surface area contributed by atoms with Crippen molar-refractivity contribution < 1.29 is 4.79 Å². The molecule has 1 saturated carbocycles. The van der Waals surface area contributed by atoms with Crippen LogP contribution >= 0.6 is 0 Å². The maximum absolute atomic E-state index is 10.6. The normalized spacial score (nSPS) is 22.3. The number of urea groups is 1. The number of amides is 2. The summed E-state index contributed by atoms with van der Waals surface area (Å²) in [5.41, 5.74) is 9.52. The van der Waals surface area contributed by atoms with E-state index in [1.54, 1.807) is 0 Å². The summed E-state index contributed by atoms with van der Waals surface area (Å²) < 4.78 is 0. The lowest BCUT2D eigenvalue weighted by Gasteiger charge is -2.17. The number of hydrazone groups is 1. The van der Waals surface area contributed by atoms with E-state index in [0.29, 0.717) is 5.92 Å². The number of rotatable bonds is 2. The molecule has 0 radical (unpaired) electrons. The Morgan fingerprint density at radius 3 is 2.73 bits per heavy atom. The van der Waals surface area contributed by atoms with Crippen molar-refractivity contribution in [3.05, 3.63) is 11.6 Å². The number of hydrogen-bond donors (Lipinski definition) is 2. The van der Waals surface area contributed by atoms with Crippen LogP contribution in [0.4, 0.5) is 4.79 Å². The SMILES string of the molecule is CC(C)/C=C1\CCCC\C1=N\NC(N)=O. The van der Waals surface area contributed by atoms with Crippen molar-refractivity contribution in [3.8, 4) is 0 Å². The summed E-state index contributed by atoms with van der Waals surface area (Å²) in [6.07, 6.45) is 6.53. The first-order valence-corrected chi connectivity index (χ1v) is 5.42. The van der Waals surface area contributed by atoms with Gasteiger partial charge in [0, 0.05) is 0 Å². The highest BCUT2D eigenvalue weighted by molar-refractivity contribution is 6.01. The molecular weight excluding hydrogens is 190 g/mol. The van der Waals surface area contributed by atoms with E-state index >= 15 is 0 Å². The average Bonchev–Trinajstić information content (AvgIpc) is 2.15. The number of nitrogens with one attached hydrogen (secondary N) is 1. The predicted octanol–water partition coefficient (Wildman–Crippen LogP) is 2.17. The minimum atomic E-state index is -0.600. The molecule has 0 aromatic carbocycles. The summed E-state index contributed by atoms with van der Waals surface area (Å²) in [6.45, 7) is 4.28. The number of nitrogens with zero attached hydrogens (tertiary/aromatic N) is 1. The summed E-state index contributed by atoms with van der Waals surface area (Å²) in [4.78, 5) is 10.6. The smallest absolute Gasteiger partial charge is 0.332 e. The average molecular weight is 209 g/mol. The fourth-order valence-electron chi connectivity index (χ4n) is 1.74. The van der Waals surface area contributed by atoms with Gasteiger partial charge in [0.05, 0.1) is 5.71 Å². The van der Waals surface area contributed by atoms with E-state index in [4.69, 9.17) is 5.73 Å². The van der Waals surface area contributed by atoms with Gasteiger partial charge in [0.25, 0.3) is 0 Å². The van der Waals surface area contributed by atoms with Gasteiger partial charge in [-0.05, 0) is 37.2 Å². The lowest BCUT2D eigenvalue weighted by atomic mass is 9.91. The molecule has 1 fully saturated rings. The Morgan fingerprint density at radius 1 is 1.47 bits per heavy atom. The van der Waals surface area contributed by atoms with Crippen molar-refractivity contribution in [2.75, 3.05) is 0 Å². The Morgan fingerprint density at radius 2 is 2.13 bits per heavy atom. The highest BCUT2D eigenvalue weighted by Gasteiger charge is 2.13. The molecule has 0 aliphatic heterocycles. The van der Waals surface area contributed by atoms with Crippen LogP contribution in [-0.4, -0.2) is 11.7 Å². The highest BCUT2D eigenvalue weighted by Crippen LogP contribution is 2.22. The Labute approximate surface area is 90.6 Å². The summed E-state index contributed by atoms with van der Waals surface area (Å²) in [5.74, 6) is 0.511. The van der Waals surface area contributed by atoms with Crippen LogP contribution in [0.1, 0.15) is 39.5 Å². The van der Waals surface area contributed by atoms with Crippen LogP contribution in [0.25, 0.3) is 0 Å². The third-order valence-electron chi connectivity index (χ3n) is 2.32. The van der Waals surface area contributed by atoms with Crippen LogP contribution in [0.3, 0.4) is 0 Å². The fourth-order valence-corrected chi connectivity index (χ4v) is 1.74. The quantitative estimate of drug-likeness (QED) is 0.672. The topological polar surface area (TPSA) is 67.5 Å². The van der Waals surface area contributed by atoms with E-state index in [9.17, 15) is 4.79 Å². The third kappa shape index (κ3) is 4.14. The van der Waals surface area contributed by atoms with Crippen molar-refractivity contribution in [1.82, 2.24) is 5.43 Å². The van der Waals surface area contributed by atoms with Crippen LogP contribution < -0.4 is 11.2 Å². The molecule has 0 bridgehead atoms. The molecule has 0 aromatic rings. The van der Waals surface area contributed by atoms with E-state index < -0.39 is 6.03 Å². The maximum atomic E-state index is 10.6. The second-order valence-electron chi connectivity index (χ2n) is 4.18. The number of nitrogens with two attached hydrogens (primary N) is 1. The lowest BCUT2D eigenvalue weighted by molar-refractivity contribution is 0.249. The van der Waals surface area contributed by atoms with E-state index in [2.05, 4.69) is 30.5 Å². The minimum absolute atomic E-state index is 0.511. The minimum Gasteiger partial charge on any atom is -0.350 e. The molecule has 84 valence electrons. The molecule has 0 aromatic heterocycles. The molecular formula is C11H19N3O. The molecule has 15 heavy (non-hydrogen) atoms. The van der Waals surface area contributed by atoms with Gasteiger partial charge in [-0.3, -0.25) is 0 Å². The summed E-state index contributed by atoms with van der Waals surface area (Å²) in [7, 11) is 0. The Kier molecular flexibility index (Phi) is 4.34. The van der Waals surface area contributed by atoms with Crippen LogP contribution in [0.15, 0.2) is 16.8 Å². The molecule has 3 N–H and O–H groups in total. The van der Waals surface area contributed by atoms with Crippen molar-refractivity contribution >= 4 is 11.7 Å². The van der Waals surface area contributed by atoms with E-state index in [1.807, 2.05) is 0 Å². The Hall–Kier alpha value is -1.32. The zero-order valence-electron chi connectivity index (χ0n) is 9.42. The van der Waals surface area contributed by atoms with Gasteiger partial charge in [0.15, 0.2) is 0 Å². The number of primary amides is 1. The zero-order valence-corrected chi connectivity index (χ0v) is 9.42. The van der Waals surface area contributed by atoms with Crippen LogP contribution in [0.5, 0.6) is 0 Å². The van der Waals surface area contributed by atoms with Crippen molar-refractivity contribution in [2.24, 2.45) is 16.8 Å². The standard InChI is InChI=1S/C11H19N3O/c1-8(2)7-9-5-3-4-6-10(9)13-14-11(12)15/h7-8H,3-6H2,1-2H3,(H3,12,14,15)/b9-7+,13-10-. The van der Waals surface area contributed by atoms with E-state index in [-0.39, 0.29) is 0 Å². The number of allylic oxidation sites excluding steroid dienone is 2. The van der Waals surface area contributed by atoms with Gasteiger partial charge in [-0.1, -0.05) is 19.9 Å². The van der Waals surface area contributed by atoms with Crippen molar-refractivity contribution in [2.45, 2.75) is 39.5 Å². The van der Waals surface area contributed by atoms with Crippen LogP contribution in [-0.2, 0) is 0 Å². The number of hydrogen-bond acceptors (Lipinski definition) is 2. The van der Waals surface area contributed by atoms with Gasteiger partial charge < -0.3 is 5.73 Å². The zero-order chi connectivity index (χ0) is 11.3. The van der Waals surface area contributed by atoms with Gasteiger partial charge in [0.1, 0.15) is 0 Å². The summed E-state index contributed by atoms with van der Waals surface area (Å²) in [6, 6.07) is -0.600. The highest BCUT2D eigenvalue weighted by atomic mass is 16.2. The van der Waals surface area contributed by atoms with Gasteiger partial charge >= 0.3 is 6.03 Å². The Balaban J connectivity index is 2.73. The molecule has 0 heterocycles. The molecule has 1 aliphatic rings. The molecule has 0 unspecified atom stereocenters. The third-order valence-corrected chi connectivity index (χ3v) is 2.32. The monoisotopic (exact) mass is 209 g/mol. The van der Waals surface area contributed by atoms with Gasteiger partial charge in [0.2, 0.25) is 0 Å². The maximum Gasteiger partial charge on any atom is 0.332 e. The second-order valence-corrected chi connectivity index (χ2v) is 4.18. The molecule has 0 saturated heterocycles. The molecule has 4 nitrogen and oxygen atoms in total. The molecule has 1 rings (SSSR count). The van der Waals surface area contributed by atoms with Crippen LogP contribution in [0.2, 0.25) is 0 Å². The van der Waals surface area contributed by atoms with Crippen molar-refractivity contribution in [1.29, 1.82) is 0 Å². The Bertz CT molecular complexity index is 292. The first-order valence-electron chi connectivity index (χ1n) is 5.42. The fraction of sp³-hybridized carbons (Fsp3) is 0.636. The van der Waals surface area contributed by atoms with Gasteiger partial charge in [-0.15, -0.1) is 0 Å². The molecule has 4 heteroatoms. The second kappa shape index (κ2) is 5.53. The summed E-state index contributed by atoms with van der Waals surface area (Å²) in [5, 5.41) is 4.04. The molecule has 0 atom stereocenters. The number of carbonyl (C=O) groups is 1.